The molecule has 4 rings (SSSR count). The number of hydrogen-bond donors (Lipinski definition) is 1. The molecule has 0 spiro atoms. The van der Waals surface area contributed by atoms with Gasteiger partial charge in [-0.1, -0.05) is 35.9 Å². The molecule has 0 unspecified atom stereocenters. The monoisotopic (exact) mass is 402 g/mol. The van der Waals surface area contributed by atoms with Crippen LogP contribution in [0, 0.1) is 11.8 Å². The lowest BCUT2D eigenvalue weighted by Crippen LogP contribution is -2.33. The van der Waals surface area contributed by atoms with Crippen LogP contribution in [0.25, 0.3) is 0 Å². The fraction of sp³-hybridized carbons (Fsp3) is 0.250. The van der Waals surface area contributed by atoms with Crippen molar-refractivity contribution in [1.29, 1.82) is 0 Å². The molecule has 2 aliphatic rings. The zero-order chi connectivity index (χ0) is 21.4. The van der Waals surface area contributed by atoms with Crippen LogP contribution in [0.2, 0.25) is 0 Å². The van der Waals surface area contributed by atoms with Gasteiger partial charge in [0, 0.05) is 11.3 Å². The molecule has 1 heterocycles. The number of anilines is 2. The van der Waals surface area contributed by atoms with E-state index in [1.165, 1.54) is 11.8 Å². The van der Waals surface area contributed by atoms with Gasteiger partial charge in [0.05, 0.1) is 23.1 Å². The first kappa shape index (κ1) is 19.8. The van der Waals surface area contributed by atoms with E-state index in [9.17, 15) is 19.2 Å². The maximum Gasteiger partial charge on any atom is 0.257 e. The number of carbonyl (C=O) groups excluding carboxylic acids is 4. The van der Waals surface area contributed by atoms with Crippen molar-refractivity contribution in [2.75, 3.05) is 10.2 Å². The Kier molecular flexibility index (Phi) is 5.08. The number of hydrogen-bond acceptors (Lipinski definition) is 4. The zero-order valence-corrected chi connectivity index (χ0v) is 16.8. The second kappa shape index (κ2) is 7.71. The highest BCUT2D eigenvalue weighted by Crippen LogP contribution is 2.40. The molecule has 0 radical (unpaired) electrons. The van der Waals surface area contributed by atoms with Gasteiger partial charge in [0.15, 0.2) is 5.78 Å². The van der Waals surface area contributed by atoms with Crippen molar-refractivity contribution in [3.63, 3.8) is 0 Å². The molecule has 30 heavy (non-hydrogen) atoms. The highest BCUT2D eigenvalue weighted by molar-refractivity contribution is 6.25. The highest BCUT2D eigenvalue weighted by Gasteiger charge is 2.49. The van der Waals surface area contributed by atoms with Crippen molar-refractivity contribution < 1.29 is 19.2 Å². The minimum absolute atomic E-state index is 0.105. The maximum absolute atomic E-state index is 13.1. The van der Waals surface area contributed by atoms with Crippen LogP contribution in [0.5, 0.6) is 0 Å². The number of carbonyl (C=O) groups is 4. The lowest BCUT2D eigenvalue weighted by atomic mass is 9.82. The number of nitrogens with zero attached hydrogens (tertiary/aromatic N) is 1. The van der Waals surface area contributed by atoms with Crippen molar-refractivity contribution in [2.24, 2.45) is 11.8 Å². The summed E-state index contributed by atoms with van der Waals surface area (Å²) in [5.74, 6) is -1.80. The number of para-hydroxylation sites is 1. The molecule has 152 valence electrons. The summed E-state index contributed by atoms with van der Waals surface area (Å²) in [5, 5.41) is 2.77. The Hall–Kier alpha value is -3.54. The average Bonchev–Trinajstić information content (AvgIpc) is 2.97. The van der Waals surface area contributed by atoms with Crippen LogP contribution in [0.4, 0.5) is 11.4 Å². The molecule has 0 bridgehead atoms. The molecule has 1 fully saturated rings. The Balaban J connectivity index is 1.64. The highest BCUT2D eigenvalue weighted by atomic mass is 16.2. The van der Waals surface area contributed by atoms with E-state index in [0.29, 0.717) is 29.8 Å². The van der Waals surface area contributed by atoms with Gasteiger partial charge in [0.1, 0.15) is 0 Å². The first-order valence-electron chi connectivity index (χ1n) is 9.91. The molecule has 2 aromatic rings. The largest absolute Gasteiger partial charge is 0.322 e. The van der Waals surface area contributed by atoms with E-state index in [2.05, 4.69) is 5.32 Å². The molecule has 1 saturated heterocycles. The predicted octanol–water partition coefficient (Wildman–Crippen LogP) is 3.99. The molecule has 6 nitrogen and oxygen atoms in total. The average molecular weight is 402 g/mol. The Labute approximate surface area is 174 Å². The van der Waals surface area contributed by atoms with Crippen LogP contribution in [-0.2, 0) is 9.59 Å². The topological polar surface area (TPSA) is 83.6 Å². The first-order chi connectivity index (χ1) is 14.4. The van der Waals surface area contributed by atoms with Gasteiger partial charge < -0.3 is 5.32 Å². The smallest absolute Gasteiger partial charge is 0.257 e. The van der Waals surface area contributed by atoms with Crippen LogP contribution in [0.3, 0.4) is 0 Å². The minimum atomic E-state index is -0.448. The molecule has 6 heteroatoms. The summed E-state index contributed by atoms with van der Waals surface area (Å²) in [7, 11) is 0. The van der Waals surface area contributed by atoms with Gasteiger partial charge in [0.2, 0.25) is 11.8 Å². The number of rotatable bonds is 4. The van der Waals surface area contributed by atoms with E-state index in [1.54, 1.807) is 48.5 Å². The SMILES string of the molecule is CC(=O)c1cccc(NC(=O)c2ccccc2N2C(=O)[C@H]3CC(C)=CC[C@H]3C2=O)c1. The molecule has 1 aliphatic heterocycles. The molecule has 0 saturated carbocycles. The summed E-state index contributed by atoms with van der Waals surface area (Å²) < 4.78 is 0. The number of fused-ring (bicyclic) bond motifs is 1. The predicted molar refractivity (Wildman–Crippen MR) is 113 cm³/mol. The van der Waals surface area contributed by atoms with E-state index < -0.39 is 5.91 Å². The van der Waals surface area contributed by atoms with Crippen molar-refractivity contribution in [3.05, 3.63) is 71.3 Å². The normalized spacial score (nSPS) is 20.6. The number of ketones is 1. The molecule has 1 aliphatic carbocycles. The third-order valence-electron chi connectivity index (χ3n) is 5.74. The summed E-state index contributed by atoms with van der Waals surface area (Å²) in [6.45, 7) is 3.42. The first-order valence-corrected chi connectivity index (χ1v) is 9.91. The van der Waals surface area contributed by atoms with Gasteiger partial charge in [-0.05, 0) is 51.0 Å². The summed E-state index contributed by atoms with van der Waals surface area (Å²) >= 11 is 0. The fourth-order valence-corrected chi connectivity index (χ4v) is 4.15. The third kappa shape index (κ3) is 3.45. The van der Waals surface area contributed by atoms with Gasteiger partial charge >= 0.3 is 0 Å². The van der Waals surface area contributed by atoms with E-state index >= 15 is 0 Å². The van der Waals surface area contributed by atoms with E-state index in [0.717, 1.165) is 5.57 Å². The van der Waals surface area contributed by atoms with E-state index in [4.69, 9.17) is 0 Å². The second-order valence-electron chi connectivity index (χ2n) is 7.82. The quantitative estimate of drug-likeness (QED) is 0.476. The van der Waals surface area contributed by atoms with Crippen LogP contribution in [0.1, 0.15) is 47.4 Å². The minimum Gasteiger partial charge on any atom is -0.322 e. The number of benzene rings is 2. The van der Waals surface area contributed by atoms with Gasteiger partial charge in [-0.3, -0.25) is 19.2 Å². The zero-order valence-electron chi connectivity index (χ0n) is 16.8. The Bertz CT molecular complexity index is 1100. The third-order valence-corrected chi connectivity index (χ3v) is 5.74. The summed E-state index contributed by atoms with van der Waals surface area (Å²) in [4.78, 5) is 51.8. The summed E-state index contributed by atoms with van der Waals surface area (Å²) in [6, 6.07) is 13.2. The van der Waals surface area contributed by atoms with Gasteiger partial charge in [0.25, 0.3) is 5.91 Å². The molecule has 1 N–H and O–H groups in total. The van der Waals surface area contributed by atoms with E-state index in [-0.39, 0.29) is 35.0 Å². The molecule has 0 aromatic heterocycles. The molecule has 2 aromatic carbocycles. The molecular weight excluding hydrogens is 380 g/mol. The Morgan fingerprint density at radius 1 is 1.00 bits per heavy atom. The van der Waals surface area contributed by atoms with Crippen molar-refractivity contribution in [2.45, 2.75) is 26.7 Å². The van der Waals surface area contributed by atoms with Crippen molar-refractivity contribution in [3.8, 4) is 0 Å². The lowest BCUT2D eigenvalue weighted by Gasteiger charge is -2.19. The second-order valence-corrected chi connectivity index (χ2v) is 7.82. The number of imide groups is 1. The van der Waals surface area contributed by atoms with Gasteiger partial charge in [-0.2, -0.15) is 0 Å². The summed E-state index contributed by atoms with van der Waals surface area (Å²) in [5.41, 5.74) is 2.58. The molecular formula is C24H22N2O4. The lowest BCUT2D eigenvalue weighted by molar-refractivity contribution is -0.122. The molecule has 2 atom stereocenters. The number of amides is 3. The Morgan fingerprint density at radius 3 is 2.50 bits per heavy atom. The van der Waals surface area contributed by atoms with Crippen molar-refractivity contribution >= 4 is 34.9 Å². The van der Waals surface area contributed by atoms with Crippen LogP contribution >= 0.6 is 0 Å². The molecule has 3 amide bonds. The Morgan fingerprint density at radius 2 is 1.73 bits per heavy atom. The number of allylic oxidation sites excluding steroid dienone is 2. The number of nitrogens with one attached hydrogen (secondary N) is 1. The fourth-order valence-electron chi connectivity index (χ4n) is 4.15. The van der Waals surface area contributed by atoms with Gasteiger partial charge in [-0.25, -0.2) is 4.90 Å². The number of Topliss-reactive ketones (excluding diaryl/α,β-unsaturated/α-hetero) is 1. The standard InChI is InChI=1S/C24H22N2O4/c1-14-10-11-18-20(12-14)24(30)26(23(18)29)21-9-4-3-8-19(21)22(28)25-17-7-5-6-16(13-17)15(2)27/h3-10,13,18,20H,11-12H2,1-2H3,(H,25,28)/t18-,20+/m1/s1. The van der Waals surface area contributed by atoms with Crippen LogP contribution in [-0.4, -0.2) is 23.5 Å². The summed E-state index contributed by atoms with van der Waals surface area (Å²) in [6.07, 6.45) is 3.12. The van der Waals surface area contributed by atoms with Crippen LogP contribution < -0.4 is 10.2 Å². The maximum atomic E-state index is 13.1. The van der Waals surface area contributed by atoms with Gasteiger partial charge in [-0.15, -0.1) is 0 Å². The van der Waals surface area contributed by atoms with E-state index in [1.807, 2.05) is 13.0 Å². The van der Waals surface area contributed by atoms with Crippen LogP contribution in [0.15, 0.2) is 60.2 Å². The van der Waals surface area contributed by atoms with Crippen molar-refractivity contribution in [1.82, 2.24) is 0 Å².